The fraction of sp³-hybridized carbons (Fsp3) is 0.375. The molecule has 0 unspecified atom stereocenters. The molecule has 1 aliphatic heterocycles. The topological polar surface area (TPSA) is 29.5 Å². The van der Waals surface area contributed by atoms with Crippen LogP contribution in [0, 0.1) is 6.92 Å². The van der Waals surface area contributed by atoms with Crippen molar-refractivity contribution >= 4 is 10.8 Å². The Labute approximate surface area is 107 Å². The van der Waals surface area contributed by atoms with Crippen molar-refractivity contribution < 1.29 is 9.84 Å². The molecular formula is C16H18O2. The Kier molecular flexibility index (Phi) is 2.84. The van der Waals surface area contributed by atoms with Crippen LogP contribution in [0.3, 0.4) is 0 Å². The number of benzene rings is 2. The Morgan fingerprint density at radius 1 is 1.11 bits per heavy atom. The minimum atomic E-state index is 0.0355. The summed E-state index contributed by atoms with van der Waals surface area (Å²) in [6, 6.07) is 13.1. The van der Waals surface area contributed by atoms with Crippen molar-refractivity contribution in [2.45, 2.75) is 18.8 Å². The smallest absolute Gasteiger partial charge is 0.0586 e. The number of hydrogen-bond donors (Lipinski definition) is 1. The third-order valence-electron chi connectivity index (χ3n) is 3.96. The standard InChI is InChI=1S/C16H18O2/c1-12-2-3-14-9-15(5-4-13(14)8-12)16(6-7-17)10-18-11-16/h2-5,8-9,17H,6-7,10-11H2,1H3. The molecule has 0 amide bonds. The molecule has 0 aliphatic carbocycles. The van der Waals surface area contributed by atoms with E-state index in [2.05, 4.69) is 43.3 Å². The van der Waals surface area contributed by atoms with Crippen molar-refractivity contribution in [2.24, 2.45) is 0 Å². The Morgan fingerprint density at radius 2 is 1.83 bits per heavy atom. The number of aryl methyl sites for hydroxylation is 1. The summed E-state index contributed by atoms with van der Waals surface area (Å²) < 4.78 is 5.37. The van der Waals surface area contributed by atoms with Crippen LogP contribution >= 0.6 is 0 Å². The third-order valence-corrected chi connectivity index (χ3v) is 3.96. The molecule has 0 aromatic heterocycles. The van der Waals surface area contributed by atoms with E-state index in [0.717, 1.165) is 19.6 Å². The molecule has 3 rings (SSSR count). The van der Waals surface area contributed by atoms with Gasteiger partial charge in [-0.3, -0.25) is 0 Å². The lowest BCUT2D eigenvalue weighted by Crippen LogP contribution is -2.47. The molecule has 2 heteroatoms. The van der Waals surface area contributed by atoms with Crippen molar-refractivity contribution in [1.82, 2.24) is 0 Å². The molecule has 94 valence electrons. The van der Waals surface area contributed by atoms with E-state index in [1.807, 2.05) is 0 Å². The second-order valence-electron chi connectivity index (χ2n) is 5.31. The number of aliphatic hydroxyl groups is 1. The maximum Gasteiger partial charge on any atom is 0.0586 e. The number of hydrogen-bond acceptors (Lipinski definition) is 2. The molecule has 1 saturated heterocycles. The van der Waals surface area contributed by atoms with Crippen LogP contribution in [0.25, 0.3) is 10.8 Å². The number of fused-ring (bicyclic) bond motifs is 1. The minimum Gasteiger partial charge on any atom is -0.396 e. The fourth-order valence-electron chi connectivity index (χ4n) is 2.71. The Morgan fingerprint density at radius 3 is 2.50 bits per heavy atom. The first-order chi connectivity index (χ1) is 8.73. The summed E-state index contributed by atoms with van der Waals surface area (Å²) in [4.78, 5) is 0. The van der Waals surface area contributed by atoms with Gasteiger partial charge >= 0.3 is 0 Å². The van der Waals surface area contributed by atoms with E-state index in [9.17, 15) is 5.11 Å². The summed E-state index contributed by atoms with van der Waals surface area (Å²) in [6.45, 7) is 3.78. The summed E-state index contributed by atoms with van der Waals surface area (Å²) in [6.07, 6.45) is 0.782. The molecule has 0 bridgehead atoms. The first kappa shape index (κ1) is 11.7. The molecule has 0 atom stereocenters. The van der Waals surface area contributed by atoms with Crippen LogP contribution in [0.1, 0.15) is 17.5 Å². The van der Waals surface area contributed by atoms with Gasteiger partial charge in [0.2, 0.25) is 0 Å². The van der Waals surface area contributed by atoms with Crippen molar-refractivity contribution in [1.29, 1.82) is 0 Å². The van der Waals surface area contributed by atoms with Crippen LogP contribution in [0.4, 0.5) is 0 Å². The summed E-state index contributed by atoms with van der Waals surface area (Å²) in [7, 11) is 0. The van der Waals surface area contributed by atoms with Crippen molar-refractivity contribution in [3.8, 4) is 0 Å². The predicted octanol–water partition coefficient (Wildman–Crippen LogP) is 2.80. The second kappa shape index (κ2) is 4.38. The molecule has 1 aliphatic rings. The highest BCUT2D eigenvalue weighted by molar-refractivity contribution is 5.84. The number of ether oxygens (including phenoxy) is 1. The number of aliphatic hydroxyl groups excluding tert-OH is 1. The van der Waals surface area contributed by atoms with Crippen LogP contribution in [-0.4, -0.2) is 24.9 Å². The molecule has 0 spiro atoms. The van der Waals surface area contributed by atoms with E-state index in [1.54, 1.807) is 0 Å². The van der Waals surface area contributed by atoms with Crippen LogP contribution in [0.15, 0.2) is 36.4 Å². The van der Waals surface area contributed by atoms with Crippen LogP contribution in [-0.2, 0) is 10.2 Å². The van der Waals surface area contributed by atoms with E-state index < -0.39 is 0 Å². The van der Waals surface area contributed by atoms with Gasteiger partial charge in [0.1, 0.15) is 0 Å². The van der Waals surface area contributed by atoms with E-state index in [-0.39, 0.29) is 12.0 Å². The van der Waals surface area contributed by atoms with Gasteiger partial charge in [-0.1, -0.05) is 42.0 Å². The van der Waals surface area contributed by atoms with E-state index in [0.29, 0.717) is 0 Å². The second-order valence-corrected chi connectivity index (χ2v) is 5.31. The molecule has 1 heterocycles. The van der Waals surface area contributed by atoms with Crippen LogP contribution < -0.4 is 0 Å². The van der Waals surface area contributed by atoms with Crippen molar-refractivity contribution in [2.75, 3.05) is 19.8 Å². The molecule has 2 aromatic carbocycles. The maximum atomic E-state index is 9.22. The first-order valence-electron chi connectivity index (χ1n) is 6.43. The molecule has 18 heavy (non-hydrogen) atoms. The van der Waals surface area contributed by atoms with Crippen LogP contribution in [0.2, 0.25) is 0 Å². The SMILES string of the molecule is Cc1ccc2cc(C3(CCO)COC3)ccc2c1. The van der Waals surface area contributed by atoms with E-state index in [4.69, 9.17) is 4.74 Å². The molecule has 0 radical (unpaired) electrons. The lowest BCUT2D eigenvalue weighted by Gasteiger charge is -2.41. The highest BCUT2D eigenvalue weighted by Crippen LogP contribution is 2.36. The molecule has 0 saturated carbocycles. The Bertz CT molecular complexity index is 570. The van der Waals surface area contributed by atoms with Gasteiger partial charge in [-0.2, -0.15) is 0 Å². The minimum absolute atomic E-state index is 0.0355. The number of rotatable bonds is 3. The first-order valence-corrected chi connectivity index (χ1v) is 6.43. The van der Waals surface area contributed by atoms with Crippen molar-refractivity contribution in [3.63, 3.8) is 0 Å². The molecule has 1 N–H and O–H groups in total. The van der Waals surface area contributed by atoms with Crippen molar-refractivity contribution in [3.05, 3.63) is 47.5 Å². The van der Waals surface area contributed by atoms with Gasteiger partial charge in [0, 0.05) is 12.0 Å². The van der Waals surface area contributed by atoms with E-state index in [1.165, 1.54) is 21.9 Å². The monoisotopic (exact) mass is 242 g/mol. The van der Waals surface area contributed by atoms with Gasteiger partial charge in [-0.15, -0.1) is 0 Å². The predicted molar refractivity (Wildman–Crippen MR) is 72.9 cm³/mol. The third kappa shape index (κ3) is 1.82. The quantitative estimate of drug-likeness (QED) is 0.896. The molecular weight excluding hydrogens is 224 g/mol. The van der Waals surface area contributed by atoms with Gasteiger partial charge in [-0.25, -0.2) is 0 Å². The van der Waals surface area contributed by atoms with Gasteiger partial charge in [0.15, 0.2) is 0 Å². The normalized spacial score (nSPS) is 17.7. The maximum absolute atomic E-state index is 9.22. The summed E-state index contributed by atoms with van der Waals surface area (Å²) in [5, 5.41) is 11.8. The Hall–Kier alpha value is -1.38. The highest BCUT2D eigenvalue weighted by Gasteiger charge is 2.39. The molecule has 2 nitrogen and oxygen atoms in total. The zero-order valence-electron chi connectivity index (χ0n) is 10.6. The average Bonchev–Trinajstić information content (AvgIpc) is 2.33. The zero-order valence-corrected chi connectivity index (χ0v) is 10.6. The van der Waals surface area contributed by atoms with Crippen LogP contribution in [0.5, 0.6) is 0 Å². The lowest BCUT2D eigenvalue weighted by molar-refractivity contribution is -0.0700. The fourth-order valence-corrected chi connectivity index (χ4v) is 2.71. The lowest BCUT2D eigenvalue weighted by atomic mass is 9.75. The van der Waals surface area contributed by atoms with E-state index >= 15 is 0 Å². The van der Waals surface area contributed by atoms with Gasteiger partial charge in [0.25, 0.3) is 0 Å². The summed E-state index contributed by atoms with van der Waals surface area (Å²) in [5.41, 5.74) is 2.61. The van der Waals surface area contributed by atoms with Gasteiger partial charge < -0.3 is 9.84 Å². The summed E-state index contributed by atoms with van der Waals surface area (Å²) >= 11 is 0. The average molecular weight is 242 g/mol. The zero-order chi connectivity index (χ0) is 12.6. The molecule has 1 fully saturated rings. The largest absolute Gasteiger partial charge is 0.396 e. The van der Waals surface area contributed by atoms with Gasteiger partial charge in [0.05, 0.1) is 13.2 Å². The highest BCUT2D eigenvalue weighted by atomic mass is 16.5. The molecule has 2 aromatic rings. The van der Waals surface area contributed by atoms with Gasteiger partial charge in [-0.05, 0) is 29.7 Å². The Balaban J connectivity index is 2.05. The summed E-state index contributed by atoms with van der Waals surface area (Å²) in [5.74, 6) is 0.